The van der Waals surface area contributed by atoms with Crippen LogP contribution < -0.4 is 5.73 Å². The molecule has 0 radical (unpaired) electrons. The van der Waals surface area contributed by atoms with Gasteiger partial charge in [-0.3, -0.25) is 0 Å². The van der Waals surface area contributed by atoms with Gasteiger partial charge in [0.05, 0.1) is 29.5 Å². The second-order valence-corrected chi connectivity index (χ2v) is 3.71. The maximum absolute atomic E-state index is 9.12. The molecule has 1 aromatic heterocycles. The van der Waals surface area contributed by atoms with Gasteiger partial charge in [-0.2, -0.15) is 0 Å². The molecule has 14 heavy (non-hydrogen) atoms. The largest absolute Gasteiger partial charge is 0.394 e. The van der Waals surface area contributed by atoms with Crippen LogP contribution in [0.1, 0.15) is 12.5 Å². The van der Waals surface area contributed by atoms with Crippen LogP contribution in [0, 0.1) is 0 Å². The first-order valence-corrected chi connectivity index (χ1v) is 4.47. The van der Waals surface area contributed by atoms with Crippen molar-refractivity contribution in [3.63, 3.8) is 0 Å². The maximum Gasteiger partial charge on any atom is 0.0931 e. The van der Waals surface area contributed by atoms with Gasteiger partial charge in [-0.15, -0.1) is 0 Å². The first kappa shape index (κ1) is 9.18. The van der Waals surface area contributed by atoms with Crippen LogP contribution in [0.15, 0.2) is 24.5 Å². The van der Waals surface area contributed by atoms with E-state index in [-0.39, 0.29) is 6.61 Å². The standard InChI is InChI=1S/C10H13N3O/c1-10(11,5-14)7-2-3-8-9(4-7)13-6-12-8/h2-4,6,14H,5,11H2,1H3,(H,12,13). The predicted octanol–water partition coefficient (Wildman–Crippen LogP) is 0.729. The number of imidazole rings is 1. The molecule has 0 saturated carbocycles. The molecule has 0 fully saturated rings. The van der Waals surface area contributed by atoms with Crippen molar-refractivity contribution in [1.29, 1.82) is 0 Å². The number of hydrogen-bond acceptors (Lipinski definition) is 3. The Labute approximate surface area is 81.8 Å². The van der Waals surface area contributed by atoms with Gasteiger partial charge in [-0.05, 0) is 24.6 Å². The van der Waals surface area contributed by atoms with Crippen LogP contribution in [0.5, 0.6) is 0 Å². The summed E-state index contributed by atoms with van der Waals surface area (Å²) in [5.41, 5.74) is 7.96. The van der Waals surface area contributed by atoms with Crippen molar-refractivity contribution in [3.8, 4) is 0 Å². The van der Waals surface area contributed by atoms with Gasteiger partial charge in [-0.25, -0.2) is 4.98 Å². The lowest BCUT2D eigenvalue weighted by Gasteiger charge is -2.21. The number of fused-ring (bicyclic) bond motifs is 1. The van der Waals surface area contributed by atoms with Crippen molar-refractivity contribution < 1.29 is 5.11 Å². The van der Waals surface area contributed by atoms with Crippen LogP contribution in [0.3, 0.4) is 0 Å². The highest BCUT2D eigenvalue weighted by Gasteiger charge is 2.20. The molecule has 1 heterocycles. The molecule has 0 spiro atoms. The van der Waals surface area contributed by atoms with Crippen LogP contribution in [-0.2, 0) is 5.54 Å². The molecule has 0 saturated heterocycles. The van der Waals surface area contributed by atoms with Crippen LogP contribution >= 0.6 is 0 Å². The molecule has 0 aliphatic rings. The van der Waals surface area contributed by atoms with Crippen molar-refractivity contribution >= 4 is 11.0 Å². The minimum atomic E-state index is -0.695. The molecule has 4 nitrogen and oxygen atoms in total. The zero-order valence-electron chi connectivity index (χ0n) is 7.99. The van der Waals surface area contributed by atoms with E-state index in [1.54, 1.807) is 13.3 Å². The number of aliphatic hydroxyl groups excluding tert-OH is 1. The molecule has 2 aromatic rings. The van der Waals surface area contributed by atoms with Gasteiger partial charge in [0.1, 0.15) is 0 Å². The van der Waals surface area contributed by atoms with E-state index in [4.69, 9.17) is 10.8 Å². The molecule has 1 atom stereocenters. The van der Waals surface area contributed by atoms with Gasteiger partial charge in [0.25, 0.3) is 0 Å². The third-order valence-electron chi connectivity index (χ3n) is 2.41. The van der Waals surface area contributed by atoms with Crippen LogP contribution in [0.4, 0.5) is 0 Å². The number of aliphatic hydroxyl groups is 1. The Morgan fingerprint density at radius 2 is 2.36 bits per heavy atom. The second kappa shape index (κ2) is 3.08. The summed E-state index contributed by atoms with van der Waals surface area (Å²) in [4.78, 5) is 7.12. The lowest BCUT2D eigenvalue weighted by atomic mass is 9.94. The molecule has 2 rings (SSSR count). The van der Waals surface area contributed by atoms with E-state index in [0.717, 1.165) is 16.6 Å². The highest BCUT2D eigenvalue weighted by Crippen LogP contribution is 2.20. The van der Waals surface area contributed by atoms with Crippen molar-refractivity contribution in [1.82, 2.24) is 9.97 Å². The number of benzene rings is 1. The van der Waals surface area contributed by atoms with Crippen LogP contribution in [0.25, 0.3) is 11.0 Å². The van der Waals surface area contributed by atoms with Crippen LogP contribution in [0.2, 0.25) is 0 Å². The summed E-state index contributed by atoms with van der Waals surface area (Å²) in [6.45, 7) is 1.72. The lowest BCUT2D eigenvalue weighted by molar-refractivity contribution is 0.210. The van der Waals surface area contributed by atoms with E-state index in [0.29, 0.717) is 0 Å². The monoisotopic (exact) mass is 191 g/mol. The van der Waals surface area contributed by atoms with Gasteiger partial charge < -0.3 is 15.8 Å². The van der Waals surface area contributed by atoms with Crippen molar-refractivity contribution in [2.45, 2.75) is 12.5 Å². The third kappa shape index (κ3) is 1.38. The van der Waals surface area contributed by atoms with Crippen molar-refractivity contribution in [2.24, 2.45) is 5.73 Å². The Hall–Kier alpha value is -1.39. The third-order valence-corrected chi connectivity index (χ3v) is 2.41. The topological polar surface area (TPSA) is 74.9 Å². The molecule has 4 N–H and O–H groups in total. The SMILES string of the molecule is CC(N)(CO)c1ccc2nc[nH]c2c1. The Morgan fingerprint density at radius 3 is 3.07 bits per heavy atom. The molecule has 1 unspecified atom stereocenters. The quantitative estimate of drug-likeness (QED) is 0.655. The molecular formula is C10H13N3O. The van der Waals surface area contributed by atoms with Crippen molar-refractivity contribution in [3.05, 3.63) is 30.1 Å². The average Bonchev–Trinajstić information content (AvgIpc) is 2.64. The Balaban J connectivity index is 2.53. The smallest absolute Gasteiger partial charge is 0.0931 e. The number of aromatic nitrogens is 2. The highest BCUT2D eigenvalue weighted by atomic mass is 16.3. The second-order valence-electron chi connectivity index (χ2n) is 3.71. The van der Waals surface area contributed by atoms with Crippen molar-refractivity contribution in [2.75, 3.05) is 6.61 Å². The zero-order valence-corrected chi connectivity index (χ0v) is 7.99. The maximum atomic E-state index is 9.12. The summed E-state index contributed by atoms with van der Waals surface area (Å²) in [6, 6.07) is 5.69. The number of rotatable bonds is 2. The van der Waals surface area contributed by atoms with E-state index in [1.165, 1.54) is 0 Å². The minimum absolute atomic E-state index is 0.0767. The summed E-state index contributed by atoms with van der Waals surface area (Å²) >= 11 is 0. The van der Waals surface area contributed by atoms with Gasteiger partial charge >= 0.3 is 0 Å². The zero-order chi connectivity index (χ0) is 10.2. The Bertz CT molecular complexity index is 447. The fourth-order valence-corrected chi connectivity index (χ4v) is 1.38. The van der Waals surface area contributed by atoms with E-state index < -0.39 is 5.54 Å². The fraction of sp³-hybridized carbons (Fsp3) is 0.300. The number of H-pyrrole nitrogens is 1. The summed E-state index contributed by atoms with van der Waals surface area (Å²) in [5.74, 6) is 0. The fourth-order valence-electron chi connectivity index (χ4n) is 1.38. The summed E-state index contributed by atoms with van der Waals surface area (Å²) in [7, 11) is 0. The molecular weight excluding hydrogens is 178 g/mol. The molecule has 0 aliphatic heterocycles. The van der Waals surface area contributed by atoms with Gasteiger partial charge in [0, 0.05) is 0 Å². The molecule has 0 aliphatic carbocycles. The summed E-state index contributed by atoms with van der Waals surface area (Å²) in [6.07, 6.45) is 1.64. The molecule has 74 valence electrons. The van der Waals surface area contributed by atoms with Crippen LogP contribution in [-0.4, -0.2) is 21.7 Å². The van der Waals surface area contributed by atoms with Gasteiger partial charge in [0.2, 0.25) is 0 Å². The number of nitrogens with zero attached hydrogens (tertiary/aromatic N) is 1. The normalized spacial score (nSPS) is 15.6. The van der Waals surface area contributed by atoms with E-state index in [9.17, 15) is 0 Å². The Kier molecular flexibility index (Phi) is 2.02. The first-order valence-electron chi connectivity index (χ1n) is 4.47. The predicted molar refractivity (Wildman–Crippen MR) is 54.7 cm³/mol. The molecule has 0 bridgehead atoms. The number of nitrogens with two attached hydrogens (primary N) is 1. The summed E-state index contributed by atoms with van der Waals surface area (Å²) < 4.78 is 0. The Morgan fingerprint density at radius 1 is 1.57 bits per heavy atom. The average molecular weight is 191 g/mol. The lowest BCUT2D eigenvalue weighted by Crippen LogP contribution is -2.36. The first-order chi connectivity index (χ1) is 6.63. The summed E-state index contributed by atoms with van der Waals surface area (Å²) in [5, 5.41) is 9.12. The molecule has 4 heteroatoms. The van der Waals surface area contributed by atoms with E-state index in [1.807, 2.05) is 18.2 Å². The number of hydrogen-bond donors (Lipinski definition) is 3. The van der Waals surface area contributed by atoms with Gasteiger partial charge in [0.15, 0.2) is 0 Å². The number of aromatic amines is 1. The number of nitrogens with one attached hydrogen (secondary N) is 1. The minimum Gasteiger partial charge on any atom is -0.394 e. The highest BCUT2D eigenvalue weighted by molar-refractivity contribution is 5.75. The van der Waals surface area contributed by atoms with E-state index >= 15 is 0 Å². The van der Waals surface area contributed by atoms with E-state index in [2.05, 4.69) is 9.97 Å². The molecule has 0 amide bonds. The van der Waals surface area contributed by atoms with Gasteiger partial charge in [-0.1, -0.05) is 6.07 Å². The molecule has 1 aromatic carbocycles.